The first-order chi connectivity index (χ1) is 5.10. The monoisotopic (exact) mass is 179 g/mol. The molecule has 1 heterocycles. The van der Waals surface area contributed by atoms with Crippen LogP contribution < -0.4 is 0 Å². The summed E-state index contributed by atoms with van der Waals surface area (Å²) < 4.78 is 4.53. The molecule has 1 unspecified atom stereocenters. The number of aliphatic hydroxyl groups is 1. The van der Waals surface area contributed by atoms with Crippen LogP contribution in [0.1, 0.15) is 26.7 Å². The van der Waals surface area contributed by atoms with Crippen molar-refractivity contribution < 1.29 is 9.40 Å². The van der Waals surface area contributed by atoms with Gasteiger partial charge in [-0.25, -0.2) is 9.19 Å². The van der Waals surface area contributed by atoms with Crippen LogP contribution in [-0.2, 0) is 4.29 Å². The average Bonchev–Trinajstić information content (AvgIpc) is 2.32. The Balaban J connectivity index is 2.64. The molecule has 4 heteroatoms. The van der Waals surface area contributed by atoms with E-state index in [-0.39, 0.29) is 6.04 Å². The Morgan fingerprint density at radius 1 is 1.64 bits per heavy atom. The van der Waals surface area contributed by atoms with Gasteiger partial charge in [-0.05, 0) is 20.3 Å². The molecule has 1 atom stereocenters. The third-order valence-corrected chi connectivity index (χ3v) is 2.34. The summed E-state index contributed by atoms with van der Waals surface area (Å²) in [6.07, 6.45) is 1.52. The molecule has 0 saturated carbocycles. The first kappa shape index (κ1) is 9.26. The number of halogens is 1. The number of nitrogens with zero attached hydrogens (tertiary/aromatic N) is 1. The minimum absolute atomic E-state index is 0.265. The van der Waals surface area contributed by atoms with Gasteiger partial charge >= 0.3 is 0 Å². The molecule has 1 aliphatic rings. The van der Waals surface area contributed by atoms with Gasteiger partial charge in [-0.15, -0.1) is 0 Å². The van der Waals surface area contributed by atoms with Crippen LogP contribution >= 0.6 is 11.9 Å². The van der Waals surface area contributed by atoms with Crippen LogP contribution in [0.5, 0.6) is 0 Å². The maximum absolute atomic E-state index is 9.70. The van der Waals surface area contributed by atoms with E-state index in [2.05, 4.69) is 4.29 Å². The Morgan fingerprint density at radius 2 is 2.27 bits per heavy atom. The highest BCUT2D eigenvalue weighted by molar-refractivity contribution is 6.07. The molecule has 1 N–H and O–H groups in total. The molecule has 11 heavy (non-hydrogen) atoms. The van der Waals surface area contributed by atoms with Gasteiger partial charge in [-0.2, -0.15) is 0 Å². The maximum Gasteiger partial charge on any atom is 0.246 e. The zero-order chi connectivity index (χ0) is 8.48. The highest BCUT2D eigenvalue weighted by Gasteiger charge is 2.41. The molecule has 0 aromatic heterocycles. The molecule has 0 aromatic rings. The van der Waals surface area contributed by atoms with E-state index in [0.717, 1.165) is 13.0 Å². The van der Waals surface area contributed by atoms with Crippen molar-refractivity contribution >= 4 is 11.9 Å². The van der Waals surface area contributed by atoms with Crippen molar-refractivity contribution in [3.8, 4) is 0 Å². The summed E-state index contributed by atoms with van der Waals surface area (Å²) in [5, 5.41) is 9.70. The molecule has 66 valence electrons. The van der Waals surface area contributed by atoms with E-state index in [4.69, 9.17) is 11.9 Å². The maximum atomic E-state index is 9.70. The molecule has 0 aliphatic carbocycles. The largest absolute Gasteiger partial charge is 0.352 e. The molecule has 0 spiro atoms. The highest BCUT2D eigenvalue weighted by Crippen LogP contribution is 2.30. The molecular weight excluding hydrogens is 166 g/mol. The number of rotatable bonds is 2. The number of likely N-dealkylation sites (tertiary alicyclic amines) is 1. The van der Waals surface area contributed by atoms with E-state index < -0.39 is 5.91 Å². The lowest BCUT2D eigenvalue weighted by Crippen LogP contribution is -2.47. The molecule has 3 nitrogen and oxygen atoms in total. The van der Waals surface area contributed by atoms with E-state index in [9.17, 15) is 5.11 Å². The second kappa shape index (κ2) is 3.27. The minimum Gasteiger partial charge on any atom is -0.352 e. The van der Waals surface area contributed by atoms with Crippen molar-refractivity contribution in [1.82, 2.24) is 4.90 Å². The van der Waals surface area contributed by atoms with Crippen molar-refractivity contribution in [2.75, 3.05) is 6.54 Å². The topological polar surface area (TPSA) is 32.7 Å². The van der Waals surface area contributed by atoms with Crippen molar-refractivity contribution in [3.05, 3.63) is 0 Å². The summed E-state index contributed by atoms with van der Waals surface area (Å²) in [6, 6.07) is 0.265. The molecule has 0 aromatic carbocycles. The van der Waals surface area contributed by atoms with Crippen LogP contribution in [0.3, 0.4) is 0 Å². The zero-order valence-corrected chi connectivity index (χ0v) is 7.64. The lowest BCUT2D eigenvalue weighted by molar-refractivity contribution is -0.230. The van der Waals surface area contributed by atoms with Gasteiger partial charge in [0.05, 0.1) is 11.9 Å². The molecular formula is C7H14ClNO2. The van der Waals surface area contributed by atoms with E-state index in [1.807, 2.05) is 18.7 Å². The Labute approximate surface area is 72.1 Å². The normalized spacial score (nSPS) is 33.5. The Kier molecular flexibility index (Phi) is 2.75. The Bertz CT molecular complexity index is 142. The predicted octanol–water partition coefficient (Wildman–Crippen LogP) is 1.31. The van der Waals surface area contributed by atoms with Crippen LogP contribution in [0.25, 0.3) is 0 Å². The molecule has 1 fully saturated rings. The first-order valence-corrected chi connectivity index (χ1v) is 4.20. The van der Waals surface area contributed by atoms with Crippen LogP contribution in [-0.4, -0.2) is 28.5 Å². The second-order valence-electron chi connectivity index (χ2n) is 3.21. The fourth-order valence-corrected chi connectivity index (χ4v) is 1.71. The van der Waals surface area contributed by atoms with Gasteiger partial charge in [-0.1, -0.05) is 0 Å². The third kappa shape index (κ3) is 1.67. The van der Waals surface area contributed by atoms with Gasteiger partial charge in [0.25, 0.3) is 0 Å². The number of hydrogen-bond donors (Lipinski definition) is 1. The summed E-state index contributed by atoms with van der Waals surface area (Å²) in [5.74, 6) is -1.23. The van der Waals surface area contributed by atoms with E-state index in [1.54, 1.807) is 0 Å². The predicted molar refractivity (Wildman–Crippen MR) is 43.0 cm³/mol. The van der Waals surface area contributed by atoms with Gasteiger partial charge in [0.2, 0.25) is 5.91 Å². The van der Waals surface area contributed by atoms with Crippen molar-refractivity contribution in [3.63, 3.8) is 0 Å². The van der Waals surface area contributed by atoms with Crippen molar-refractivity contribution in [2.24, 2.45) is 0 Å². The number of hydrogen-bond acceptors (Lipinski definition) is 3. The molecule has 1 aliphatic heterocycles. The van der Waals surface area contributed by atoms with E-state index >= 15 is 0 Å². The lowest BCUT2D eigenvalue weighted by Gasteiger charge is -2.32. The molecule has 0 amide bonds. The average molecular weight is 180 g/mol. The molecule has 1 rings (SSSR count). The van der Waals surface area contributed by atoms with Crippen LogP contribution in [0.15, 0.2) is 0 Å². The van der Waals surface area contributed by atoms with Gasteiger partial charge in [0.1, 0.15) is 0 Å². The Hall–Kier alpha value is 0.170. The standard InChI is InChI=1S/C7H14ClNO2/c1-6(2)9-5-3-4-7(9,10)11-8/h6,10H,3-5H2,1-2H3. The summed E-state index contributed by atoms with van der Waals surface area (Å²) >= 11 is 5.20. The fourth-order valence-electron chi connectivity index (χ4n) is 1.54. The highest BCUT2D eigenvalue weighted by atomic mass is 35.5. The van der Waals surface area contributed by atoms with Crippen molar-refractivity contribution in [1.29, 1.82) is 0 Å². The van der Waals surface area contributed by atoms with Gasteiger partial charge in [-0.3, -0.25) is 0 Å². The van der Waals surface area contributed by atoms with Crippen LogP contribution in [0, 0.1) is 0 Å². The van der Waals surface area contributed by atoms with Crippen LogP contribution in [0.2, 0.25) is 0 Å². The summed E-state index contributed by atoms with van der Waals surface area (Å²) in [6.45, 7) is 4.86. The SMILES string of the molecule is CC(C)N1CCCC1(O)OCl. The molecule has 0 radical (unpaired) electrons. The zero-order valence-electron chi connectivity index (χ0n) is 6.88. The van der Waals surface area contributed by atoms with Gasteiger partial charge < -0.3 is 5.11 Å². The van der Waals surface area contributed by atoms with E-state index in [1.165, 1.54) is 0 Å². The lowest BCUT2D eigenvalue weighted by atomic mass is 10.3. The summed E-state index contributed by atoms with van der Waals surface area (Å²) in [4.78, 5) is 1.85. The van der Waals surface area contributed by atoms with Gasteiger partial charge in [0.15, 0.2) is 0 Å². The molecule has 0 bridgehead atoms. The quantitative estimate of drug-likeness (QED) is 0.649. The second-order valence-corrected chi connectivity index (χ2v) is 3.37. The van der Waals surface area contributed by atoms with Crippen LogP contribution in [0.4, 0.5) is 0 Å². The smallest absolute Gasteiger partial charge is 0.246 e. The fraction of sp³-hybridized carbons (Fsp3) is 1.00. The summed E-state index contributed by atoms with van der Waals surface area (Å²) in [7, 11) is 0. The minimum atomic E-state index is -1.23. The van der Waals surface area contributed by atoms with E-state index in [0.29, 0.717) is 6.42 Å². The third-order valence-electron chi connectivity index (χ3n) is 2.10. The first-order valence-electron chi connectivity index (χ1n) is 3.89. The molecule has 1 saturated heterocycles. The Morgan fingerprint density at radius 3 is 2.64 bits per heavy atom. The van der Waals surface area contributed by atoms with Crippen molar-refractivity contribution in [2.45, 2.75) is 38.6 Å². The van der Waals surface area contributed by atoms with Gasteiger partial charge in [0, 0.05) is 19.0 Å². The summed E-state index contributed by atoms with van der Waals surface area (Å²) in [5.41, 5.74) is 0.